The zero-order valence-electron chi connectivity index (χ0n) is 19.8. The summed E-state index contributed by atoms with van der Waals surface area (Å²) in [6.45, 7) is 8.32. The van der Waals surface area contributed by atoms with Crippen molar-refractivity contribution < 1.29 is 0 Å². The van der Waals surface area contributed by atoms with Crippen LogP contribution in [0.4, 0.5) is 0 Å². The Labute approximate surface area is 205 Å². The Hall–Kier alpha value is -1.53. The molecule has 3 rings (SSSR count). The van der Waals surface area contributed by atoms with Crippen molar-refractivity contribution in [1.29, 1.82) is 5.26 Å². The van der Waals surface area contributed by atoms with E-state index in [9.17, 15) is 0 Å². The number of rotatable bonds is 9. The van der Waals surface area contributed by atoms with Crippen LogP contribution in [0.5, 0.6) is 0 Å². The lowest BCUT2D eigenvalue weighted by Gasteiger charge is -2.29. The van der Waals surface area contributed by atoms with Crippen molar-refractivity contribution in [2.45, 2.75) is 82.0 Å². The summed E-state index contributed by atoms with van der Waals surface area (Å²) in [6, 6.07) is 22.4. The van der Waals surface area contributed by atoms with E-state index in [0.29, 0.717) is 12.0 Å². The lowest BCUT2D eigenvalue weighted by atomic mass is 9.83. The molecule has 1 fully saturated rings. The molecule has 0 saturated heterocycles. The number of nitrogens with zero attached hydrogens (tertiary/aromatic N) is 2. The Balaban J connectivity index is 0.00000114. The van der Waals surface area contributed by atoms with Gasteiger partial charge in [0.25, 0.3) is 0 Å². The van der Waals surface area contributed by atoms with Crippen molar-refractivity contribution in [1.82, 2.24) is 4.90 Å². The van der Waals surface area contributed by atoms with E-state index in [4.69, 9.17) is 28.5 Å². The van der Waals surface area contributed by atoms with Gasteiger partial charge in [0.1, 0.15) is 0 Å². The van der Waals surface area contributed by atoms with E-state index >= 15 is 0 Å². The minimum atomic E-state index is 0.105. The van der Waals surface area contributed by atoms with E-state index in [-0.39, 0.29) is 10.8 Å². The number of aryl methyl sites for hydroxylation is 1. The van der Waals surface area contributed by atoms with E-state index in [1.807, 2.05) is 0 Å². The quantitative estimate of drug-likeness (QED) is 0.351. The summed E-state index contributed by atoms with van der Waals surface area (Å²) in [5, 5.41) is 7.56. The smallest absolute Gasteiger partial charge is 0.0587 e. The third-order valence-corrected chi connectivity index (χ3v) is 7.45. The molecule has 3 unspecified atom stereocenters. The van der Waals surface area contributed by atoms with Crippen molar-refractivity contribution in [3.05, 3.63) is 71.3 Å². The van der Waals surface area contributed by atoms with Crippen LogP contribution in [0.1, 0.15) is 69.1 Å². The third kappa shape index (κ3) is 9.14. The Kier molecular flexibility index (Phi) is 12.2. The summed E-state index contributed by atoms with van der Waals surface area (Å²) in [7, 11) is 0. The summed E-state index contributed by atoms with van der Waals surface area (Å²) in [4.78, 5) is 2.60. The van der Waals surface area contributed by atoms with Crippen LogP contribution < -0.4 is 0 Å². The van der Waals surface area contributed by atoms with Crippen molar-refractivity contribution in [3.8, 4) is 6.07 Å². The molecule has 0 spiro atoms. The monoisotopic (exact) mass is 472 g/mol. The van der Waals surface area contributed by atoms with E-state index in [1.165, 1.54) is 30.0 Å². The molecule has 0 aliphatic heterocycles. The van der Waals surface area contributed by atoms with Crippen molar-refractivity contribution >= 4 is 23.2 Å². The first-order valence-electron chi connectivity index (χ1n) is 11.9. The van der Waals surface area contributed by atoms with Gasteiger partial charge in [-0.15, -0.1) is 23.2 Å². The molecule has 0 aromatic heterocycles. The number of benzene rings is 2. The maximum Gasteiger partial charge on any atom is 0.0587 e. The second-order valence-electron chi connectivity index (χ2n) is 8.98. The maximum atomic E-state index is 7.32. The van der Waals surface area contributed by atoms with Crippen LogP contribution in [-0.4, -0.2) is 34.8 Å². The van der Waals surface area contributed by atoms with Gasteiger partial charge in [-0.05, 0) is 81.5 Å². The summed E-state index contributed by atoms with van der Waals surface area (Å²) >= 11 is 12.7. The molecule has 1 saturated carbocycles. The number of nitriles is 1. The van der Waals surface area contributed by atoms with Crippen LogP contribution in [0, 0.1) is 11.3 Å². The largest absolute Gasteiger partial charge is 0.301 e. The molecular weight excluding hydrogens is 435 g/mol. The molecule has 3 atom stereocenters. The zero-order valence-corrected chi connectivity index (χ0v) is 21.3. The minimum absolute atomic E-state index is 0.105. The molecule has 2 aromatic rings. The third-order valence-electron chi connectivity index (χ3n) is 6.32. The fourth-order valence-electron chi connectivity index (χ4n) is 4.37. The van der Waals surface area contributed by atoms with E-state index < -0.39 is 0 Å². The highest BCUT2D eigenvalue weighted by Gasteiger charge is 2.28. The summed E-state index contributed by atoms with van der Waals surface area (Å²) in [6.07, 6.45) is 6.64. The van der Waals surface area contributed by atoms with Gasteiger partial charge in [0.2, 0.25) is 0 Å². The van der Waals surface area contributed by atoms with Gasteiger partial charge in [0, 0.05) is 24.9 Å². The molecule has 1 aliphatic rings. The molecule has 2 nitrogen and oxygen atoms in total. The van der Waals surface area contributed by atoms with Gasteiger partial charge < -0.3 is 4.90 Å². The number of hydrogen-bond donors (Lipinski definition) is 0. The Morgan fingerprint density at radius 2 is 1.53 bits per heavy atom. The Morgan fingerprint density at radius 3 is 2.12 bits per heavy atom. The molecular formula is C28H38Cl2N2. The zero-order chi connectivity index (χ0) is 23.3. The Bertz CT molecular complexity index is 798. The topological polar surface area (TPSA) is 27.0 Å². The van der Waals surface area contributed by atoms with Crippen LogP contribution in [0.25, 0.3) is 0 Å². The molecule has 0 bridgehead atoms. The van der Waals surface area contributed by atoms with Crippen LogP contribution in [0.3, 0.4) is 0 Å². The highest BCUT2D eigenvalue weighted by Crippen LogP contribution is 2.37. The molecule has 174 valence electrons. The molecule has 1 aliphatic carbocycles. The number of alkyl halides is 2. The van der Waals surface area contributed by atoms with Crippen LogP contribution in [0.2, 0.25) is 0 Å². The van der Waals surface area contributed by atoms with E-state index in [0.717, 1.165) is 45.2 Å². The van der Waals surface area contributed by atoms with Crippen LogP contribution in [-0.2, 0) is 12.8 Å². The van der Waals surface area contributed by atoms with Gasteiger partial charge in [-0.25, -0.2) is 0 Å². The van der Waals surface area contributed by atoms with Crippen molar-refractivity contribution in [2.24, 2.45) is 0 Å². The molecule has 2 aromatic carbocycles. The summed E-state index contributed by atoms with van der Waals surface area (Å²) in [5.41, 5.74) is 4.29. The first-order valence-corrected chi connectivity index (χ1v) is 12.8. The number of hydrogen-bond acceptors (Lipinski definition) is 2. The SMILES string of the molecule is CC#N.CC(C)N(CCCc1ccc(C2CCC(Cl)C(Cl)C2)cc1)CCc1ccccc1. The molecule has 32 heavy (non-hydrogen) atoms. The van der Waals surface area contributed by atoms with E-state index in [1.54, 1.807) is 6.07 Å². The second kappa shape index (κ2) is 14.6. The second-order valence-corrected chi connectivity index (χ2v) is 10.1. The highest BCUT2D eigenvalue weighted by atomic mass is 35.5. The number of halogens is 2. The van der Waals surface area contributed by atoms with Crippen molar-refractivity contribution in [2.75, 3.05) is 13.1 Å². The lowest BCUT2D eigenvalue weighted by molar-refractivity contribution is 0.222. The Morgan fingerprint density at radius 1 is 0.906 bits per heavy atom. The van der Waals surface area contributed by atoms with E-state index in [2.05, 4.69) is 73.3 Å². The lowest BCUT2D eigenvalue weighted by Crippen LogP contribution is -2.34. The molecule has 0 N–H and O–H groups in total. The summed E-state index contributed by atoms with van der Waals surface area (Å²) in [5.74, 6) is 0.566. The fourth-order valence-corrected chi connectivity index (χ4v) is 4.94. The minimum Gasteiger partial charge on any atom is -0.301 e. The first kappa shape index (κ1) is 26.7. The maximum absolute atomic E-state index is 7.32. The van der Waals surface area contributed by atoms with Gasteiger partial charge in [-0.3, -0.25) is 0 Å². The summed E-state index contributed by atoms with van der Waals surface area (Å²) < 4.78 is 0. The standard InChI is InChI=1S/C26H35Cl2N.C2H3N/c1-20(2)29(18-16-21-7-4-3-5-8-21)17-6-9-22-10-12-23(13-11-22)24-14-15-25(27)26(28)19-24;1-2-3/h3-5,7-8,10-13,20,24-26H,6,9,14-19H2,1-2H3;1H3. The van der Waals surface area contributed by atoms with Crippen LogP contribution >= 0.6 is 23.2 Å². The first-order chi connectivity index (χ1) is 15.4. The van der Waals surface area contributed by atoms with Crippen molar-refractivity contribution in [3.63, 3.8) is 0 Å². The molecule has 0 heterocycles. The predicted octanol–water partition coefficient (Wildman–Crippen LogP) is 7.58. The van der Waals surface area contributed by atoms with Gasteiger partial charge in [-0.2, -0.15) is 5.26 Å². The molecule has 4 heteroatoms. The highest BCUT2D eigenvalue weighted by molar-refractivity contribution is 6.30. The average Bonchev–Trinajstić information content (AvgIpc) is 2.79. The van der Waals surface area contributed by atoms with Gasteiger partial charge in [-0.1, -0.05) is 54.6 Å². The molecule has 0 amide bonds. The average molecular weight is 474 g/mol. The fraction of sp³-hybridized carbons (Fsp3) is 0.536. The van der Waals surface area contributed by atoms with Gasteiger partial charge in [0.05, 0.1) is 11.4 Å². The molecule has 0 radical (unpaired) electrons. The van der Waals surface area contributed by atoms with Crippen LogP contribution in [0.15, 0.2) is 54.6 Å². The van der Waals surface area contributed by atoms with Gasteiger partial charge in [0.15, 0.2) is 0 Å². The normalized spacial score (nSPS) is 20.5. The predicted molar refractivity (Wildman–Crippen MR) is 139 cm³/mol. The van der Waals surface area contributed by atoms with Gasteiger partial charge >= 0.3 is 0 Å².